The van der Waals surface area contributed by atoms with Crippen molar-refractivity contribution in [3.8, 4) is 0 Å². The summed E-state index contributed by atoms with van der Waals surface area (Å²) in [6, 6.07) is 26.9. The molecule has 8 nitrogen and oxygen atoms in total. The highest BCUT2D eigenvalue weighted by Gasteiger charge is 2.31. The summed E-state index contributed by atoms with van der Waals surface area (Å²) in [5.74, 6) is -0.799. The van der Waals surface area contributed by atoms with Gasteiger partial charge in [-0.05, 0) is 84.5 Å². The van der Waals surface area contributed by atoms with E-state index in [0.717, 1.165) is 84.5 Å². The number of benzene rings is 4. The van der Waals surface area contributed by atoms with E-state index in [1.165, 1.54) is 0 Å². The van der Waals surface area contributed by atoms with E-state index in [1.807, 2.05) is 48.5 Å². The van der Waals surface area contributed by atoms with E-state index in [2.05, 4.69) is 63.0 Å². The fourth-order valence-electron chi connectivity index (χ4n) is 6.54. The summed E-state index contributed by atoms with van der Waals surface area (Å²) in [5.41, 5.74) is 1.91. The van der Waals surface area contributed by atoms with Crippen molar-refractivity contribution in [1.82, 2.24) is 26.6 Å². The summed E-state index contributed by atoms with van der Waals surface area (Å²) in [4.78, 5) is 41.3. The molecule has 2 fully saturated rings. The van der Waals surface area contributed by atoms with Gasteiger partial charge in [0.15, 0.2) is 0 Å². The van der Waals surface area contributed by atoms with Crippen LogP contribution in [0.1, 0.15) is 36.8 Å². The van der Waals surface area contributed by atoms with E-state index >= 15 is 0 Å². The van der Waals surface area contributed by atoms with Crippen LogP contribution in [0.4, 0.5) is 0 Å². The maximum Gasteiger partial charge on any atom is 0.243 e. The van der Waals surface area contributed by atoms with Crippen molar-refractivity contribution in [2.24, 2.45) is 5.92 Å². The van der Waals surface area contributed by atoms with Crippen LogP contribution in [0.15, 0.2) is 84.9 Å². The SMILES string of the molecule is O=C(N[C@H](Cc1ccc2ccccc2c1)C(=O)N[C@H](Cc1ccc2ccccc2c1)C(=O)NC1CCNCC1)C1CCNCC1. The average Bonchev–Trinajstić information content (AvgIpc) is 3.08. The molecule has 4 aromatic rings. The third-order valence-electron chi connectivity index (χ3n) is 9.17. The molecule has 0 bridgehead atoms. The third-order valence-corrected chi connectivity index (χ3v) is 9.17. The Morgan fingerprint density at radius 1 is 0.600 bits per heavy atom. The predicted octanol–water partition coefficient (Wildman–Crippen LogP) is 3.62. The van der Waals surface area contributed by atoms with Crippen LogP contribution in [0.5, 0.6) is 0 Å². The number of nitrogens with one attached hydrogen (secondary N) is 5. The minimum absolute atomic E-state index is 0.0581. The van der Waals surface area contributed by atoms with Crippen molar-refractivity contribution in [3.05, 3.63) is 96.1 Å². The quantitative estimate of drug-likeness (QED) is 0.190. The number of carbonyl (C=O) groups is 3. The molecule has 0 aliphatic carbocycles. The first kappa shape index (κ1) is 30.7. The molecule has 3 amide bonds. The molecular weight excluding hydrogens is 562 g/mol. The van der Waals surface area contributed by atoms with Crippen LogP contribution in [0.25, 0.3) is 21.5 Å². The lowest BCUT2D eigenvalue weighted by molar-refractivity contribution is -0.133. The fraction of sp³-hybridized carbons (Fsp3) is 0.378. The van der Waals surface area contributed by atoms with Gasteiger partial charge in [0.25, 0.3) is 0 Å². The number of piperidine rings is 2. The zero-order valence-corrected chi connectivity index (χ0v) is 25.7. The second-order valence-corrected chi connectivity index (χ2v) is 12.5. The molecule has 8 heteroatoms. The van der Waals surface area contributed by atoms with Crippen molar-refractivity contribution < 1.29 is 14.4 Å². The second kappa shape index (κ2) is 14.7. The molecule has 2 heterocycles. The first-order chi connectivity index (χ1) is 22.0. The molecule has 0 spiro atoms. The Hall–Kier alpha value is -4.27. The highest BCUT2D eigenvalue weighted by molar-refractivity contribution is 5.93. The van der Waals surface area contributed by atoms with Crippen molar-refractivity contribution in [1.29, 1.82) is 0 Å². The summed E-state index contributed by atoms with van der Waals surface area (Å²) < 4.78 is 0. The first-order valence-corrected chi connectivity index (χ1v) is 16.3. The molecule has 4 aromatic carbocycles. The smallest absolute Gasteiger partial charge is 0.243 e. The van der Waals surface area contributed by atoms with Crippen LogP contribution < -0.4 is 26.6 Å². The van der Waals surface area contributed by atoms with Crippen LogP contribution in [0.3, 0.4) is 0 Å². The average molecular weight is 606 g/mol. The summed E-state index contributed by atoms with van der Waals surface area (Å²) in [5, 5.41) is 20.4. The Balaban J connectivity index is 1.24. The van der Waals surface area contributed by atoms with Gasteiger partial charge in [0.05, 0.1) is 0 Å². The Kier molecular flexibility index (Phi) is 10.0. The zero-order chi connectivity index (χ0) is 31.0. The van der Waals surface area contributed by atoms with Crippen LogP contribution in [-0.4, -0.2) is 62.0 Å². The summed E-state index contributed by atoms with van der Waals surface area (Å²) in [6.45, 7) is 3.26. The van der Waals surface area contributed by atoms with Crippen LogP contribution in [0, 0.1) is 5.92 Å². The molecule has 2 atom stereocenters. The normalized spacial score (nSPS) is 17.4. The second-order valence-electron chi connectivity index (χ2n) is 12.5. The molecule has 2 aliphatic rings. The monoisotopic (exact) mass is 605 g/mol. The Morgan fingerprint density at radius 2 is 1.09 bits per heavy atom. The molecule has 0 aromatic heterocycles. The summed E-state index contributed by atoms with van der Waals surface area (Å²) >= 11 is 0. The number of hydrogen-bond donors (Lipinski definition) is 5. The molecular formula is C37H43N5O3. The molecule has 45 heavy (non-hydrogen) atoms. The molecule has 0 unspecified atom stereocenters. The Morgan fingerprint density at radius 3 is 1.64 bits per heavy atom. The van der Waals surface area contributed by atoms with E-state index < -0.39 is 12.1 Å². The Labute approximate surface area is 264 Å². The molecule has 234 valence electrons. The van der Waals surface area contributed by atoms with Crippen molar-refractivity contribution >= 4 is 39.3 Å². The van der Waals surface area contributed by atoms with Gasteiger partial charge in [0.1, 0.15) is 12.1 Å². The van der Waals surface area contributed by atoms with E-state index in [9.17, 15) is 14.4 Å². The van der Waals surface area contributed by atoms with Crippen LogP contribution >= 0.6 is 0 Å². The van der Waals surface area contributed by atoms with Gasteiger partial charge in [-0.25, -0.2) is 0 Å². The summed E-state index contributed by atoms with van der Waals surface area (Å²) in [6.07, 6.45) is 3.83. The Bertz CT molecular complexity index is 1640. The minimum atomic E-state index is -0.820. The van der Waals surface area contributed by atoms with E-state index in [0.29, 0.717) is 12.8 Å². The van der Waals surface area contributed by atoms with Gasteiger partial charge >= 0.3 is 0 Å². The van der Waals surface area contributed by atoms with E-state index in [1.54, 1.807) is 0 Å². The van der Waals surface area contributed by atoms with Gasteiger partial charge in [-0.3, -0.25) is 14.4 Å². The number of hydrogen-bond acceptors (Lipinski definition) is 5. The first-order valence-electron chi connectivity index (χ1n) is 16.3. The highest BCUT2D eigenvalue weighted by Crippen LogP contribution is 2.20. The lowest BCUT2D eigenvalue weighted by Gasteiger charge is -2.29. The largest absolute Gasteiger partial charge is 0.351 e. The lowest BCUT2D eigenvalue weighted by atomic mass is 9.95. The molecule has 5 N–H and O–H groups in total. The number of amides is 3. The summed E-state index contributed by atoms with van der Waals surface area (Å²) in [7, 11) is 0. The molecule has 2 saturated heterocycles. The number of fused-ring (bicyclic) bond motifs is 2. The topological polar surface area (TPSA) is 111 Å². The lowest BCUT2D eigenvalue weighted by Crippen LogP contribution is -2.57. The van der Waals surface area contributed by atoms with Crippen molar-refractivity contribution in [2.75, 3.05) is 26.2 Å². The van der Waals surface area contributed by atoms with Crippen molar-refractivity contribution in [2.45, 2.75) is 56.7 Å². The minimum Gasteiger partial charge on any atom is -0.351 e. The molecule has 6 rings (SSSR count). The number of rotatable bonds is 10. The molecule has 2 aliphatic heterocycles. The van der Waals surface area contributed by atoms with Crippen molar-refractivity contribution in [3.63, 3.8) is 0 Å². The van der Waals surface area contributed by atoms with Gasteiger partial charge in [-0.15, -0.1) is 0 Å². The maximum absolute atomic E-state index is 14.1. The van der Waals surface area contributed by atoms with Gasteiger partial charge < -0.3 is 26.6 Å². The fourth-order valence-corrected chi connectivity index (χ4v) is 6.54. The standard InChI is InChI=1S/C37H43N5O3/c43-35(29-13-17-38-18-14-29)41-34(24-26-10-12-28-6-2-4-8-31(28)22-26)37(45)42-33(36(44)40-32-15-19-39-20-16-32)23-25-9-11-27-5-1-3-7-30(27)21-25/h1-12,21-22,29,32-34,38-39H,13-20,23-24H2,(H,40,44)(H,41,43)(H,42,45)/t33-,34-/m1/s1. The third kappa shape index (κ3) is 8.07. The molecule has 0 radical (unpaired) electrons. The van der Waals surface area contributed by atoms with Gasteiger partial charge in [0.2, 0.25) is 17.7 Å². The van der Waals surface area contributed by atoms with Gasteiger partial charge in [0, 0.05) is 24.8 Å². The highest BCUT2D eigenvalue weighted by atomic mass is 16.2. The van der Waals surface area contributed by atoms with E-state index in [4.69, 9.17) is 0 Å². The van der Waals surface area contributed by atoms with Gasteiger partial charge in [-0.2, -0.15) is 0 Å². The van der Waals surface area contributed by atoms with Crippen LogP contribution in [0.2, 0.25) is 0 Å². The zero-order valence-electron chi connectivity index (χ0n) is 25.7. The van der Waals surface area contributed by atoms with E-state index in [-0.39, 0.29) is 29.7 Å². The molecule has 0 saturated carbocycles. The predicted molar refractivity (Wildman–Crippen MR) is 179 cm³/mol. The van der Waals surface area contributed by atoms with Gasteiger partial charge in [-0.1, -0.05) is 84.9 Å². The number of carbonyl (C=O) groups excluding carboxylic acids is 3. The van der Waals surface area contributed by atoms with Crippen LogP contribution in [-0.2, 0) is 27.2 Å². The maximum atomic E-state index is 14.1.